The summed E-state index contributed by atoms with van der Waals surface area (Å²) in [7, 11) is 0. The molecule has 0 aromatic rings. The number of allylic oxidation sites excluding steroid dienone is 4. The van der Waals surface area contributed by atoms with Gasteiger partial charge in [0, 0.05) is 22.7 Å². The van der Waals surface area contributed by atoms with Gasteiger partial charge in [-0.05, 0) is 68.9 Å². The lowest BCUT2D eigenvalue weighted by Crippen LogP contribution is -2.68. The van der Waals surface area contributed by atoms with Gasteiger partial charge in [0.15, 0.2) is 11.6 Å². The van der Waals surface area contributed by atoms with E-state index in [1.165, 1.54) is 0 Å². The van der Waals surface area contributed by atoms with Crippen LogP contribution in [0.4, 0.5) is 0 Å². The van der Waals surface area contributed by atoms with Crippen LogP contribution in [0.15, 0.2) is 23.8 Å². The average molecular weight is 459 g/mol. The Labute approximate surface area is 196 Å². The summed E-state index contributed by atoms with van der Waals surface area (Å²) >= 11 is 0. The molecule has 5 rings (SSSR count). The molecule has 8 atom stereocenters. The number of hydrogen-bond acceptors (Lipinski definition) is 6. The number of fused-ring (bicyclic) bond motifs is 6. The first-order valence-corrected chi connectivity index (χ1v) is 12.8. The van der Waals surface area contributed by atoms with E-state index < -0.39 is 23.1 Å². The Morgan fingerprint density at radius 2 is 1.91 bits per heavy atom. The van der Waals surface area contributed by atoms with E-state index in [-0.39, 0.29) is 47.3 Å². The third kappa shape index (κ3) is 3.00. The fourth-order valence-corrected chi connectivity index (χ4v) is 8.57. The number of carbonyl (C=O) groups excluding carboxylic acids is 2. The van der Waals surface area contributed by atoms with Crippen molar-refractivity contribution in [3.8, 4) is 0 Å². The molecule has 0 radical (unpaired) electrons. The van der Waals surface area contributed by atoms with Crippen molar-refractivity contribution in [2.45, 2.75) is 90.3 Å². The fraction of sp³-hybridized carbons (Fsp3) is 0.778. The van der Waals surface area contributed by atoms with Crippen LogP contribution in [0.5, 0.6) is 0 Å². The van der Waals surface area contributed by atoms with Crippen LogP contribution in [-0.2, 0) is 19.1 Å². The molecular formula is C27H38O6. The SMILES string of the molecule is CCC(CC)C1(O)OCC(=O)[C@]2(CC[C@H]3[C@@H]4CCC5=CC(=O)C=C[C@]5(C)[C@H]4[C@@H](O)C[C@@]32C)O1. The summed E-state index contributed by atoms with van der Waals surface area (Å²) in [6.07, 6.45) is 9.67. The Balaban J connectivity index is 1.53. The molecule has 182 valence electrons. The molecule has 6 nitrogen and oxygen atoms in total. The van der Waals surface area contributed by atoms with Crippen molar-refractivity contribution in [1.82, 2.24) is 0 Å². The molecule has 1 spiro atoms. The predicted molar refractivity (Wildman–Crippen MR) is 122 cm³/mol. The summed E-state index contributed by atoms with van der Waals surface area (Å²) in [6.45, 7) is 8.07. The van der Waals surface area contributed by atoms with Gasteiger partial charge >= 0.3 is 0 Å². The normalized spacial score (nSPS) is 49.1. The molecule has 33 heavy (non-hydrogen) atoms. The molecule has 4 aliphatic carbocycles. The molecule has 1 aliphatic heterocycles. The molecule has 3 saturated carbocycles. The average Bonchev–Trinajstić information content (AvgIpc) is 3.04. The topological polar surface area (TPSA) is 93.1 Å². The summed E-state index contributed by atoms with van der Waals surface area (Å²) in [5.74, 6) is -1.67. The first-order chi connectivity index (χ1) is 15.5. The van der Waals surface area contributed by atoms with E-state index in [1.807, 2.05) is 19.9 Å². The Hall–Kier alpha value is -1.34. The number of Topliss-reactive ketones (excluding diaryl/α,β-unsaturated/α-hetero) is 1. The highest BCUT2D eigenvalue weighted by Crippen LogP contribution is 2.68. The maximum atomic E-state index is 13.5. The minimum Gasteiger partial charge on any atom is -0.393 e. The van der Waals surface area contributed by atoms with Crippen LogP contribution in [0, 0.1) is 34.5 Å². The second-order valence-corrected chi connectivity index (χ2v) is 11.5. The number of aliphatic hydroxyl groups is 2. The number of aliphatic hydroxyl groups excluding tert-OH is 1. The summed E-state index contributed by atoms with van der Waals surface area (Å²) in [5.41, 5.74) is -0.952. The van der Waals surface area contributed by atoms with Gasteiger partial charge in [0.05, 0.1) is 6.10 Å². The molecule has 0 aromatic carbocycles. The maximum absolute atomic E-state index is 13.5. The first-order valence-electron chi connectivity index (χ1n) is 12.8. The molecule has 6 heteroatoms. The number of rotatable bonds is 3. The van der Waals surface area contributed by atoms with E-state index >= 15 is 0 Å². The van der Waals surface area contributed by atoms with Gasteiger partial charge in [-0.1, -0.05) is 39.3 Å². The van der Waals surface area contributed by atoms with E-state index in [0.717, 1.165) is 24.8 Å². The van der Waals surface area contributed by atoms with Gasteiger partial charge in [-0.15, -0.1) is 0 Å². The molecular weight excluding hydrogens is 420 g/mol. The molecule has 0 aromatic heterocycles. The van der Waals surface area contributed by atoms with Crippen LogP contribution in [0.3, 0.4) is 0 Å². The Bertz CT molecular complexity index is 920. The second-order valence-electron chi connectivity index (χ2n) is 11.5. The minimum absolute atomic E-state index is 0.00272. The van der Waals surface area contributed by atoms with Gasteiger partial charge in [0.25, 0.3) is 5.97 Å². The molecule has 1 saturated heterocycles. The highest BCUT2D eigenvalue weighted by atomic mass is 16.8. The zero-order valence-electron chi connectivity index (χ0n) is 20.3. The summed E-state index contributed by atoms with van der Waals surface area (Å²) in [4.78, 5) is 25.5. The van der Waals surface area contributed by atoms with Crippen molar-refractivity contribution < 1.29 is 29.3 Å². The van der Waals surface area contributed by atoms with Gasteiger partial charge in [0.1, 0.15) is 12.2 Å². The van der Waals surface area contributed by atoms with E-state index in [2.05, 4.69) is 13.8 Å². The van der Waals surface area contributed by atoms with Crippen LogP contribution in [0.2, 0.25) is 0 Å². The molecule has 0 amide bonds. The summed E-state index contributed by atoms with van der Waals surface area (Å²) in [5, 5.41) is 23.0. The van der Waals surface area contributed by atoms with Crippen LogP contribution in [-0.4, -0.2) is 46.1 Å². The van der Waals surface area contributed by atoms with Crippen molar-refractivity contribution in [2.75, 3.05) is 6.61 Å². The maximum Gasteiger partial charge on any atom is 0.284 e. The smallest absolute Gasteiger partial charge is 0.284 e. The van der Waals surface area contributed by atoms with Crippen molar-refractivity contribution in [1.29, 1.82) is 0 Å². The van der Waals surface area contributed by atoms with E-state index in [4.69, 9.17) is 9.47 Å². The molecule has 1 unspecified atom stereocenters. The van der Waals surface area contributed by atoms with E-state index in [0.29, 0.717) is 25.7 Å². The number of hydrogen-bond donors (Lipinski definition) is 2. The number of ketones is 2. The van der Waals surface area contributed by atoms with Gasteiger partial charge in [-0.3, -0.25) is 9.59 Å². The van der Waals surface area contributed by atoms with Gasteiger partial charge < -0.3 is 19.7 Å². The van der Waals surface area contributed by atoms with E-state index in [1.54, 1.807) is 12.2 Å². The minimum atomic E-state index is -1.78. The lowest BCUT2D eigenvalue weighted by atomic mass is 9.46. The van der Waals surface area contributed by atoms with Gasteiger partial charge in [-0.25, -0.2) is 0 Å². The molecule has 0 bridgehead atoms. The number of ether oxygens (including phenoxy) is 2. The largest absolute Gasteiger partial charge is 0.393 e. The Morgan fingerprint density at radius 1 is 1.18 bits per heavy atom. The van der Waals surface area contributed by atoms with Crippen molar-refractivity contribution in [2.24, 2.45) is 34.5 Å². The third-order valence-corrected chi connectivity index (χ3v) is 10.3. The second kappa shape index (κ2) is 7.58. The molecule has 1 heterocycles. The summed E-state index contributed by atoms with van der Waals surface area (Å²) < 4.78 is 12.1. The zero-order chi connectivity index (χ0) is 23.8. The Kier molecular flexibility index (Phi) is 5.37. The van der Waals surface area contributed by atoms with Gasteiger partial charge in [-0.2, -0.15) is 0 Å². The quantitative estimate of drug-likeness (QED) is 0.670. The predicted octanol–water partition coefficient (Wildman–Crippen LogP) is 3.70. The summed E-state index contributed by atoms with van der Waals surface area (Å²) in [6, 6.07) is 0. The monoisotopic (exact) mass is 458 g/mol. The Morgan fingerprint density at radius 3 is 2.61 bits per heavy atom. The van der Waals surface area contributed by atoms with Crippen molar-refractivity contribution in [3.63, 3.8) is 0 Å². The van der Waals surface area contributed by atoms with Crippen LogP contribution >= 0.6 is 0 Å². The lowest BCUT2D eigenvalue weighted by Gasteiger charge is -2.61. The lowest BCUT2D eigenvalue weighted by molar-refractivity contribution is -0.436. The third-order valence-electron chi connectivity index (χ3n) is 10.3. The van der Waals surface area contributed by atoms with E-state index in [9.17, 15) is 19.8 Å². The molecule has 4 fully saturated rings. The van der Waals surface area contributed by atoms with Crippen LogP contribution in [0.25, 0.3) is 0 Å². The number of carbonyl (C=O) groups is 2. The standard InChI is InChI=1S/C27H38O6/c1-5-16(6-2)27(31)32-15-22(30)26(33-27)12-10-20-19-8-7-17-13-18(28)9-11-24(17,3)23(19)21(29)14-25(20,26)4/h9,11,13,16,19-21,23,29,31H,5-8,10,12,14-15H2,1-4H3/t19-,20-,21-,23+,24-,25-,26-,27?/m0/s1. The zero-order valence-corrected chi connectivity index (χ0v) is 20.3. The van der Waals surface area contributed by atoms with Gasteiger partial charge in [0.2, 0.25) is 0 Å². The van der Waals surface area contributed by atoms with Crippen LogP contribution in [0.1, 0.15) is 72.6 Å². The molecule has 2 N–H and O–H groups in total. The van der Waals surface area contributed by atoms with Crippen molar-refractivity contribution in [3.05, 3.63) is 23.8 Å². The van der Waals surface area contributed by atoms with Crippen LogP contribution < -0.4 is 0 Å². The van der Waals surface area contributed by atoms with Crippen molar-refractivity contribution >= 4 is 11.6 Å². The highest BCUT2D eigenvalue weighted by Gasteiger charge is 2.72. The fourth-order valence-electron chi connectivity index (χ4n) is 8.57. The first kappa shape index (κ1) is 23.4. The highest BCUT2D eigenvalue weighted by molar-refractivity contribution is 6.01. The molecule has 5 aliphatic rings.